The van der Waals surface area contributed by atoms with E-state index in [0.717, 1.165) is 22.8 Å². The number of nitrogens with two attached hydrogens (primary N) is 1. The summed E-state index contributed by atoms with van der Waals surface area (Å²) in [4.78, 5) is 0. The average molecular weight is 251 g/mol. The zero-order valence-electron chi connectivity index (χ0n) is 11.2. The van der Waals surface area contributed by atoms with Crippen LogP contribution in [0.5, 0.6) is 17.2 Å². The van der Waals surface area contributed by atoms with Crippen molar-refractivity contribution in [2.24, 2.45) is 11.7 Å². The molecule has 18 heavy (non-hydrogen) atoms. The second-order valence-corrected chi connectivity index (χ2v) is 4.63. The van der Waals surface area contributed by atoms with Gasteiger partial charge in [0.25, 0.3) is 0 Å². The molecule has 0 heterocycles. The first kappa shape index (κ1) is 13.0. The molecule has 1 atom stereocenters. The molecule has 4 heteroatoms. The van der Waals surface area contributed by atoms with Crippen LogP contribution in [0.1, 0.15) is 24.3 Å². The Balaban J connectivity index is 2.47. The Bertz CT molecular complexity index is 390. The van der Waals surface area contributed by atoms with Crippen molar-refractivity contribution < 1.29 is 14.2 Å². The van der Waals surface area contributed by atoms with E-state index < -0.39 is 0 Å². The van der Waals surface area contributed by atoms with Gasteiger partial charge in [0.05, 0.1) is 21.3 Å². The fourth-order valence-corrected chi connectivity index (χ4v) is 2.44. The van der Waals surface area contributed by atoms with Crippen LogP contribution in [0.4, 0.5) is 0 Å². The summed E-state index contributed by atoms with van der Waals surface area (Å²) in [6, 6.07) is 3.78. The molecule has 1 aromatic carbocycles. The van der Waals surface area contributed by atoms with Gasteiger partial charge in [-0.15, -0.1) is 0 Å². The first-order valence-corrected chi connectivity index (χ1v) is 6.25. The second-order valence-electron chi connectivity index (χ2n) is 4.63. The summed E-state index contributed by atoms with van der Waals surface area (Å²) in [5, 5.41) is 0. The normalized spacial score (nSPS) is 16.2. The van der Waals surface area contributed by atoms with Crippen LogP contribution < -0.4 is 19.9 Å². The molecule has 0 saturated heterocycles. The van der Waals surface area contributed by atoms with Crippen molar-refractivity contribution in [1.29, 1.82) is 0 Å². The summed E-state index contributed by atoms with van der Waals surface area (Å²) in [5.41, 5.74) is 7.00. The maximum Gasteiger partial charge on any atom is 0.129 e. The molecule has 2 rings (SSSR count). The summed E-state index contributed by atoms with van der Waals surface area (Å²) >= 11 is 0. The minimum Gasteiger partial charge on any atom is -0.496 e. The fraction of sp³-hybridized carbons (Fsp3) is 0.571. The van der Waals surface area contributed by atoms with Crippen molar-refractivity contribution in [2.45, 2.75) is 18.8 Å². The summed E-state index contributed by atoms with van der Waals surface area (Å²) in [5.74, 6) is 3.30. The van der Waals surface area contributed by atoms with Gasteiger partial charge in [-0.3, -0.25) is 0 Å². The highest BCUT2D eigenvalue weighted by Crippen LogP contribution is 2.48. The van der Waals surface area contributed by atoms with E-state index in [4.69, 9.17) is 19.9 Å². The third-order valence-corrected chi connectivity index (χ3v) is 3.57. The van der Waals surface area contributed by atoms with Crippen molar-refractivity contribution in [3.05, 3.63) is 17.7 Å². The maximum atomic E-state index is 5.92. The van der Waals surface area contributed by atoms with Gasteiger partial charge in [-0.1, -0.05) is 0 Å². The molecule has 0 amide bonds. The van der Waals surface area contributed by atoms with E-state index in [0.29, 0.717) is 18.4 Å². The molecule has 100 valence electrons. The summed E-state index contributed by atoms with van der Waals surface area (Å²) < 4.78 is 16.2. The topological polar surface area (TPSA) is 53.7 Å². The molecule has 1 aliphatic carbocycles. The van der Waals surface area contributed by atoms with Crippen molar-refractivity contribution in [3.8, 4) is 17.2 Å². The monoisotopic (exact) mass is 251 g/mol. The molecule has 1 saturated carbocycles. The first-order chi connectivity index (χ1) is 8.74. The van der Waals surface area contributed by atoms with Gasteiger partial charge in [-0.05, 0) is 25.3 Å². The number of methoxy groups -OCH3 is 3. The van der Waals surface area contributed by atoms with Crippen molar-refractivity contribution in [2.75, 3.05) is 27.9 Å². The van der Waals surface area contributed by atoms with Gasteiger partial charge in [0, 0.05) is 23.6 Å². The molecule has 0 spiro atoms. The van der Waals surface area contributed by atoms with Crippen molar-refractivity contribution in [3.63, 3.8) is 0 Å². The predicted molar refractivity (Wildman–Crippen MR) is 70.6 cm³/mol. The van der Waals surface area contributed by atoms with E-state index >= 15 is 0 Å². The molecule has 1 aromatic rings. The highest BCUT2D eigenvalue weighted by atomic mass is 16.5. The Labute approximate surface area is 108 Å². The van der Waals surface area contributed by atoms with Crippen LogP contribution in [-0.2, 0) is 0 Å². The molecule has 0 aromatic heterocycles. The van der Waals surface area contributed by atoms with E-state index in [1.807, 2.05) is 12.1 Å². The number of hydrogen-bond acceptors (Lipinski definition) is 4. The van der Waals surface area contributed by atoms with Crippen LogP contribution in [0.3, 0.4) is 0 Å². The molecule has 1 fully saturated rings. The molecular formula is C14H21NO3. The summed E-state index contributed by atoms with van der Waals surface area (Å²) in [7, 11) is 4.96. The molecule has 2 N–H and O–H groups in total. The zero-order valence-corrected chi connectivity index (χ0v) is 11.2. The van der Waals surface area contributed by atoms with E-state index in [-0.39, 0.29) is 0 Å². The molecule has 0 radical (unpaired) electrons. The molecule has 4 nitrogen and oxygen atoms in total. The third-order valence-electron chi connectivity index (χ3n) is 3.57. The van der Waals surface area contributed by atoms with Gasteiger partial charge >= 0.3 is 0 Å². The van der Waals surface area contributed by atoms with Gasteiger partial charge < -0.3 is 19.9 Å². The largest absolute Gasteiger partial charge is 0.496 e. The quantitative estimate of drug-likeness (QED) is 0.841. The second kappa shape index (κ2) is 5.48. The van der Waals surface area contributed by atoms with Crippen LogP contribution in [0, 0.1) is 5.92 Å². The SMILES string of the molecule is COc1cc(OC)c(C(CN)C2CC2)c(OC)c1. The molecule has 0 bridgehead atoms. The standard InChI is InChI=1S/C14H21NO3/c1-16-10-6-12(17-2)14(13(7-10)18-3)11(8-15)9-4-5-9/h6-7,9,11H,4-5,8,15H2,1-3H3. The lowest BCUT2D eigenvalue weighted by molar-refractivity contribution is 0.361. The Morgan fingerprint density at radius 3 is 2.00 bits per heavy atom. The van der Waals surface area contributed by atoms with Gasteiger partial charge in [-0.2, -0.15) is 0 Å². The van der Waals surface area contributed by atoms with Crippen LogP contribution in [0.25, 0.3) is 0 Å². The van der Waals surface area contributed by atoms with E-state index in [9.17, 15) is 0 Å². The van der Waals surface area contributed by atoms with Crippen LogP contribution in [0.2, 0.25) is 0 Å². The average Bonchev–Trinajstić information content (AvgIpc) is 3.24. The van der Waals surface area contributed by atoms with Crippen molar-refractivity contribution >= 4 is 0 Å². The lowest BCUT2D eigenvalue weighted by Gasteiger charge is -2.21. The van der Waals surface area contributed by atoms with Gasteiger partial charge in [-0.25, -0.2) is 0 Å². The highest BCUT2D eigenvalue weighted by molar-refractivity contribution is 5.53. The molecule has 0 aliphatic heterocycles. The number of ether oxygens (including phenoxy) is 3. The fourth-order valence-electron chi connectivity index (χ4n) is 2.44. The van der Waals surface area contributed by atoms with Gasteiger partial charge in [0.2, 0.25) is 0 Å². The predicted octanol–water partition coefficient (Wildman–Crippen LogP) is 2.16. The summed E-state index contributed by atoms with van der Waals surface area (Å²) in [6.07, 6.45) is 2.47. The zero-order chi connectivity index (χ0) is 13.1. The van der Waals surface area contributed by atoms with Crippen LogP contribution in [-0.4, -0.2) is 27.9 Å². The summed E-state index contributed by atoms with van der Waals surface area (Å²) in [6.45, 7) is 0.615. The van der Waals surface area contributed by atoms with Gasteiger partial charge in [0.1, 0.15) is 17.2 Å². The lowest BCUT2D eigenvalue weighted by Crippen LogP contribution is -2.16. The van der Waals surface area contributed by atoms with Crippen LogP contribution >= 0.6 is 0 Å². The van der Waals surface area contributed by atoms with Crippen LogP contribution in [0.15, 0.2) is 12.1 Å². The Morgan fingerprint density at radius 2 is 1.67 bits per heavy atom. The third kappa shape index (κ3) is 2.38. The van der Waals surface area contributed by atoms with E-state index in [2.05, 4.69) is 0 Å². The first-order valence-electron chi connectivity index (χ1n) is 6.25. The number of rotatable bonds is 6. The minimum atomic E-state index is 0.306. The Hall–Kier alpha value is -1.42. The Morgan fingerprint density at radius 1 is 1.11 bits per heavy atom. The van der Waals surface area contributed by atoms with E-state index in [1.165, 1.54) is 12.8 Å². The number of hydrogen-bond donors (Lipinski definition) is 1. The molecular weight excluding hydrogens is 230 g/mol. The molecule has 1 aliphatic rings. The van der Waals surface area contributed by atoms with E-state index in [1.54, 1.807) is 21.3 Å². The van der Waals surface area contributed by atoms with Gasteiger partial charge in [0.15, 0.2) is 0 Å². The minimum absolute atomic E-state index is 0.306. The Kier molecular flexibility index (Phi) is 3.97. The van der Waals surface area contributed by atoms with Crippen molar-refractivity contribution in [1.82, 2.24) is 0 Å². The molecule has 1 unspecified atom stereocenters. The smallest absolute Gasteiger partial charge is 0.129 e. The maximum absolute atomic E-state index is 5.92. The highest BCUT2D eigenvalue weighted by Gasteiger charge is 2.35. The number of benzene rings is 1. The lowest BCUT2D eigenvalue weighted by atomic mass is 9.92.